The molecule has 1 atom stereocenters. The Hall–Kier alpha value is -1.14. The summed E-state index contributed by atoms with van der Waals surface area (Å²) < 4.78 is 14.1. The smallest absolute Gasteiger partial charge is 0.311 e. The highest BCUT2D eigenvalue weighted by molar-refractivity contribution is 9.10. The van der Waals surface area contributed by atoms with E-state index >= 15 is 0 Å². The Morgan fingerprint density at radius 1 is 1.50 bits per heavy atom. The van der Waals surface area contributed by atoms with E-state index in [9.17, 15) is 14.0 Å². The lowest BCUT2D eigenvalue weighted by molar-refractivity contribution is -0.147. The molecule has 1 heterocycles. The third kappa shape index (κ3) is 2.67. The highest BCUT2D eigenvalue weighted by atomic mass is 79.9. The van der Waals surface area contributed by atoms with Crippen LogP contribution < -0.4 is 0 Å². The van der Waals surface area contributed by atoms with E-state index in [-0.39, 0.29) is 28.1 Å². The van der Waals surface area contributed by atoms with Gasteiger partial charge in [0.05, 0.1) is 15.5 Å². The van der Waals surface area contributed by atoms with Crippen LogP contribution in [0, 0.1) is 11.2 Å². The van der Waals surface area contributed by atoms with Crippen LogP contribution in [0.25, 0.3) is 0 Å². The van der Waals surface area contributed by atoms with Gasteiger partial charge in [-0.15, -0.1) is 0 Å². The van der Waals surface area contributed by atoms with Gasteiger partial charge in [0.15, 0.2) is 0 Å². The van der Waals surface area contributed by atoms with Gasteiger partial charge in [0.1, 0.15) is 5.82 Å². The molecule has 1 aliphatic heterocycles. The number of carbonyl (C=O) groups is 2. The van der Waals surface area contributed by atoms with Gasteiger partial charge in [0, 0.05) is 18.1 Å². The molecule has 0 bridgehead atoms. The highest BCUT2D eigenvalue weighted by Crippen LogP contribution is 2.32. The second-order valence-corrected chi connectivity index (χ2v) is 6.38. The molecule has 1 fully saturated rings. The Morgan fingerprint density at radius 3 is 2.70 bits per heavy atom. The van der Waals surface area contributed by atoms with Crippen molar-refractivity contribution >= 4 is 39.4 Å². The lowest BCUT2D eigenvalue weighted by Gasteiger charge is -2.20. The number of benzene rings is 1. The van der Waals surface area contributed by atoms with E-state index < -0.39 is 23.1 Å². The zero-order chi connectivity index (χ0) is 15.1. The van der Waals surface area contributed by atoms with Crippen molar-refractivity contribution in [2.24, 2.45) is 5.41 Å². The fraction of sp³-hybridized carbons (Fsp3) is 0.385. The van der Waals surface area contributed by atoms with Crippen LogP contribution in [-0.4, -0.2) is 35.0 Å². The zero-order valence-electron chi connectivity index (χ0n) is 10.6. The van der Waals surface area contributed by atoms with E-state index in [4.69, 9.17) is 16.7 Å². The van der Waals surface area contributed by atoms with Crippen molar-refractivity contribution in [3.63, 3.8) is 0 Å². The van der Waals surface area contributed by atoms with E-state index in [1.807, 2.05) is 0 Å². The van der Waals surface area contributed by atoms with Gasteiger partial charge < -0.3 is 10.0 Å². The lowest BCUT2D eigenvalue weighted by Crippen LogP contribution is -2.35. The van der Waals surface area contributed by atoms with Gasteiger partial charge >= 0.3 is 5.97 Å². The van der Waals surface area contributed by atoms with Gasteiger partial charge in [-0.3, -0.25) is 9.59 Å². The zero-order valence-corrected chi connectivity index (χ0v) is 13.0. The Labute approximate surface area is 128 Å². The first kappa shape index (κ1) is 15.3. The van der Waals surface area contributed by atoms with Gasteiger partial charge in [-0.2, -0.15) is 0 Å². The highest BCUT2D eigenvalue weighted by Gasteiger charge is 2.42. The molecule has 108 valence electrons. The summed E-state index contributed by atoms with van der Waals surface area (Å²) >= 11 is 8.81. The van der Waals surface area contributed by atoms with Gasteiger partial charge in [0.25, 0.3) is 5.91 Å². The van der Waals surface area contributed by atoms with Gasteiger partial charge in [0.2, 0.25) is 0 Å². The summed E-state index contributed by atoms with van der Waals surface area (Å²) in [5.74, 6) is -2.19. The fourth-order valence-electron chi connectivity index (χ4n) is 2.19. The van der Waals surface area contributed by atoms with Gasteiger partial charge in [-0.1, -0.05) is 11.6 Å². The molecule has 0 saturated carbocycles. The summed E-state index contributed by atoms with van der Waals surface area (Å²) in [5, 5.41) is 9.38. The van der Waals surface area contributed by atoms with Gasteiger partial charge in [-0.25, -0.2) is 4.39 Å². The third-order valence-electron chi connectivity index (χ3n) is 3.50. The average Bonchev–Trinajstić information content (AvgIpc) is 2.77. The van der Waals surface area contributed by atoms with Crippen LogP contribution in [0.4, 0.5) is 4.39 Å². The molecule has 1 aromatic carbocycles. The Balaban J connectivity index is 2.28. The molecule has 1 aliphatic rings. The SMILES string of the molecule is CC1(C(=O)O)CCN(C(=O)c2cc(Cl)cc(Br)c2F)C1. The maximum Gasteiger partial charge on any atom is 0.311 e. The van der Waals surface area contributed by atoms with Crippen molar-refractivity contribution in [3.05, 3.63) is 33.0 Å². The molecule has 1 unspecified atom stereocenters. The quantitative estimate of drug-likeness (QED) is 0.820. The van der Waals surface area contributed by atoms with Crippen molar-refractivity contribution < 1.29 is 19.1 Å². The molecule has 1 N–H and O–H groups in total. The Bertz CT molecular complexity index is 595. The molecule has 0 spiro atoms. The molecule has 0 aromatic heterocycles. The van der Waals surface area contributed by atoms with Crippen molar-refractivity contribution in [2.45, 2.75) is 13.3 Å². The normalized spacial score (nSPS) is 22.1. The van der Waals surface area contributed by atoms with Crippen molar-refractivity contribution in [3.8, 4) is 0 Å². The minimum Gasteiger partial charge on any atom is -0.481 e. The van der Waals surface area contributed by atoms with Crippen molar-refractivity contribution in [1.29, 1.82) is 0 Å². The molecular weight excluding hydrogens is 353 g/mol. The summed E-state index contributed by atoms with van der Waals surface area (Å²) in [5.41, 5.74) is -1.14. The van der Waals surface area contributed by atoms with Crippen LogP contribution in [0.2, 0.25) is 5.02 Å². The standard InChI is InChI=1S/C13H12BrClFNO3/c1-13(12(19)20)2-3-17(6-13)11(18)8-4-7(15)5-9(14)10(8)16/h4-5H,2-3,6H2,1H3,(H,19,20). The number of aliphatic carboxylic acids is 1. The third-order valence-corrected chi connectivity index (χ3v) is 4.30. The fourth-order valence-corrected chi connectivity index (χ4v) is 3.00. The van der Waals surface area contributed by atoms with Crippen LogP contribution in [0.1, 0.15) is 23.7 Å². The number of carbonyl (C=O) groups excluding carboxylic acids is 1. The predicted octanol–water partition coefficient (Wildman–Crippen LogP) is 3.18. The van der Waals surface area contributed by atoms with E-state index in [2.05, 4.69) is 15.9 Å². The van der Waals surface area contributed by atoms with Crippen LogP contribution in [0.5, 0.6) is 0 Å². The number of hydrogen-bond donors (Lipinski definition) is 1. The molecular formula is C13H12BrClFNO3. The summed E-state index contributed by atoms with van der Waals surface area (Å²) in [6.45, 7) is 1.92. The van der Waals surface area contributed by atoms with Crippen LogP contribution in [0.15, 0.2) is 16.6 Å². The summed E-state index contributed by atoms with van der Waals surface area (Å²) in [4.78, 5) is 24.8. The van der Waals surface area contributed by atoms with Crippen molar-refractivity contribution in [1.82, 2.24) is 4.90 Å². The largest absolute Gasteiger partial charge is 0.481 e. The van der Waals surface area contributed by atoms with E-state index in [1.54, 1.807) is 6.92 Å². The van der Waals surface area contributed by atoms with E-state index in [1.165, 1.54) is 17.0 Å². The number of nitrogens with zero attached hydrogens (tertiary/aromatic N) is 1. The summed E-state index contributed by atoms with van der Waals surface area (Å²) in [6, 6.07) is 2.61. The molecule has 20 heavy (non-hydrogen) atoms. The average molecular weight is 365 g/mol. The maximum absolute atomic E-state index is 14.0. The molecule has 1 aromatic rings. The molecule has 0 aliphatic carbocycles. The first-order chi connectivity index (χ1) is 9.24. The Morgan fingerprint density at radius 2 is 2.15 bits per heavy atom. The second kappa shape index (κ2) is 5.33. The van der Waals surface area contributed by atoms with Crippen LogP contribution in [0.3, 0.4) is 0 Å². The Kier molecular flexibility index (Phi) is 4.07. The number of amides is 1. The monoisotopic (exact) mass is 363 g/mol. The number of rotatable bonds is 2. The molecule has 0 radical (unpaired) electrons. The minimum absolute atomic E-state index is 0.0603. The molecule has 1 saturated heterocycles. The number of likely N-dealkylation sites (tertiary alicyclic amines) is 1. The van der Waals surface area contributed by atoms with Gasteiger partial charge in [-0.05, 0) is 41.4 Å². The molecule has 2 rings (SSSR count). The number of carboxylic acid groups (broad SMARTS) is 1. The number of hydrogen-bond acceptors (Lipinski definition) is 2. The lowest BCUT2D eigenvalue weighted by atomic mass is 9.90. The van der Waals surface area contributed by atoms with Crippen molar-refractivity contribution in [2.75, 3.05) is 13.1 Å². The first-order valence-corrected chi connectivity index (χ1v) is 7.09. The topological polar surface area (TPSA) is 57.6 Å². The number of carboxylic acids is 1. The molecule has 4 nitrogen and oxygen atoms in total. The molecule has 1 amide bonds. The first-order valence-electron chi connectivity index (χ1n) is 5.92. The van der Waals surface area contributed by atoms with Crippen LogP contribution in [-0.2, 0) is 4.79 Å². The summed E-state index contributed by atoms with van der Waals surface area (Å²) in [7, 11) is 0. The predicted molar refractivity (Wildman–Crippen MR) is 75.4 cm³/mol. The molecule has 7 heteroatoms. The second-order valence-electron chi connectivity index (χ2n) is 5.09. The minimum atomic E-state index is -0.984. The van der Waals surface area contributed by atoms with E-state index in [0.29, 0.717) is 6.42 Å². The summed E-state index contributed by atoms with van der Waals surface area (Å²) in [6.07, 6.45) is 0.345. The van der Waals surface area contributed by atoms with E-state index in [0.717, 1.165) is 0 Å². The maximum atomic E-state index is 14.0. The number of halogens is 3. The van der Waals surface area contributed by atoms with Crippen LogP contribution >= 0.6 is 27.5 Å².